The summed E-state index contributed by atoms with van der Waals surface area (Å²) in [6.45, 7) is 0. The number of halogens is 2. The number of sulfone groups is 1. The molecule has 0 N–H and O–H groups in total. The monoisotopic (exact) mass is 379 g/mol. The zero-order valence-electron chi connectivity index (χ0n) is 13.4. The number of methoxy groups -OCH3 is 1. The van der Waals surface area contributed by atoms with E-state index in [1.54, 1.807) is 22.8 Å². The van der Waals surface area contributed by atoms with Crippen molar-refractivity contribution in [1.82, 2.24) is 9.55 Å². The van der Waals surface area contributed by atoms with Gasteiger partial charge in [0.2, 0.25) is 5.28 Å². The number of ether oxygens (including phenoxy) is 1. The number of imidazole rings is 1. The molecule has 0 radical (unpaired) electrons. The zero-order chi connectivity index (χ0) is 18.2. The Morgan fingerprint density at radius 2 is 1.84 bits per heavy atom. The van der Waals surface area contributed by atoms with Crippen molar-refractivity contribution in [3.8, 4) is 22.7 Å². The molecular formula is C17H14ClFN2O3S. The van der Waals surface area contributed by atoms with Gasteiger partial charge in [-0.2, -0.15) is 0 Å². The van der Waals surface area contributed by atoms with Crippen molar-refractivity contribution in [2.45, 2.75) is 4.90 Å². The molecule has 25 heavy (non-hydrogen) atoms. The first-order valence-electron chi connectivity index (χ1n) is 7.19. The van der Waals surface area contributed by atoms with E-state index in [4.69, 9.17) is 16.3 Å². The molecule has 0 amide bonds. The summed E-state index contributed by atoms with van der Waals surface area (Å²) in [5.41, 5.74) is 1.74. The fourth-order valence-electron chi connectivity index (χ4n) is 2.45. The van der Waals surface area contributed by atoms with Crippen LogP contribution in [0.15, 0.2) is 53.6 Å². The number of nitrogens with zero attached hydrogens (tertiary/aromatic N) is 2. The van der Waals surface area contributed by atoms with Crippen LogP contribution in [-0.4, -0.2) is 31.3 Å². The Kier molecular flexibility index (Phi) is 4.53. The van der Waals surface area contributed by atoms with Crippen molar-refractivity contribution in [3.05, 3.63) is 59.8 Å². The Morgan fingerprint density at radius 1 is 1.16 bits per heavy atom. The van der Waals surface area contributed by atoms with Crippen molar-refractivity contribution in [1.29, 1.82) is 0 Å². The number of aromatic nitrogens is 2. The van der Waals surface area contributed by atoms with Gasteiger partial charge in [-0.3, -0.25) is 4.57 Å². The van der Waals surface area contributed by atoms with Crippen LogP contribution in [0.2, 0.25) is 5.28 Å². The molecule has 130 valence electrons. The molecule has 0 aliphatic rings. The highest BCUT2D eigenvalue weighted by molar-refractivity contribution is 7.90. The van der Waals surface area contributed by atoms with Gasteiger partial charge in [0.15, 0.2) is 21.4 Å². The van der Waals surface area contributed by atoms with E-state index in [9.17, 15) is 12.8 Å². The maximum atomic E-state index is 14.0. The summed E-state index contributed by atoms with van der Waals surface area (Å²) in [6, 6.07) is 10.7. The molecule has 0 fully saturated rings. The molecule has 8 heteroatoms. The van der Waals surface area contributed by atoms with Crippen molar-refractivity contribution in [2.75, 3.05) is 13.4 Å². The Bertz CT molecular complexity index is 1030. The minimum atomic E-state index is -3.30. The maximum absolute atomic E-state index is 14.0. The minimum absolute atomic E-state index is 0.137. The van der Waals surface area contributed by atoms with Crippen LogP contribution in [0, 0.1) is 5.82 Å². The first-order chi connectivity index (χ1) is 11.8. The molecule has 0 atom stereocenters. The van der Waals surface area contributed by atoms with Crippen LogP contribution in [0.25, 0.3) is 16.9 Å². The standard InChI is InChI=1S/C17H14ClFN2O3S/c1-24-16-8-3-11(9-14(16)19)15-10-20-17(18)21(15)12-4-6-13(7-5-12)25(2,22)23/h3-10H,1-2H3/i1-1. The Labute approximate surface area is 149 Å². The normalized spacial score (nSPS) is 11.5. The summed E-state index contributed by atoms with van der Waals surface area (Å²) in [5.74, 6) is -0.366. The highest BCUT2D eigenvalue weighted by Gasteiger charge is 2.15. The molecule has 1 aromatic heterocycles. The van der Waals surface area contributed by atoms with E-state index < -0.39 is 15.7 Å². The van der Waals surface area contributed by atoms with Gasteiger partial charge in [0, 0.05) is 17.5 Å². The second-order valence-electron chi connectivity index (χ2n) is 5.36. The van der Waals surface area contributed by atoms with E-state index in [0.717, 1.165) is 6.26 Å². The molecule has 0 bridgehead atoms. The number of hydrogen-bond donors (Lipinski definition) is 0. The summed E-state index contributed by atoms with van der Waals surface area (Å²) < 4.78 is 43.7. The Hall–Kier alpha value is -2.38. The highest BCUT2D eigenvalue weighted by Crippen LogP contribution is 2.30. The van der Waals surface area contributed by atoms with Crippen molar-refractivity contribution in [3.63, 3.8) is 0 Å². The van der Waals surface area contributed by atoms with Gasteiger partial charge in [0.05, 0.1) is 23.9 Å². The third kappa shape index (κ3) is 3.38. The summed E-state index contributed by atoms with van der Waals surface area (Å²) in [5, 5.41) is 0.179. The van der Waals surface area contributed by atoms with Crippen LogP contribution in [0.1, 0.15) is 0 Å². The van der Waals surface area contributed by atoms with E-state index >= 15 is 0 Å². The highest BCUT2D eigenvalue weighted by atomic mass is 35.5. The summed E-state index contributed by atoms with van der Waals surface area (Å²) >= 11 is 6.17. The molecule has 3 rings (SSSR count). The van der Waals surface area contributed by atoms with Gasteiger partial charge in [-0.15, -0.1) is 0 Å². The lowest BCUT2D eigenvalue weighted by atomic mass is 10.1. The van der Waals surface area contributed by atoms with Crippen LogP contribution >= 0.6 is 11.6 Å². The summed E-state index contributed by atoms with van der Waals surface area (Å²) in [6.07, 6.45) is 2.66. The average molecular weight is 380 g/mol. The van der Waals surface area contributed by atoms with Gasteiger partial charge in [-0.05, 0) is 54.1 Å². The van der Waals surface area contributed by atoms with Gasteiger partial charge in [0.1, 0.15) is 0 Å². The molecule has 0 saturated heterocycles. The fourth-order valence-corrected chi connectivity index (χ4v) is 3.31. The van der Waals surface area contributed by atoms with Gasteiger partial charge < -0.3 is 4.74 Å². The lowest BCUT2D eigenvalue weighted by Crippen LogP contribution is -2.00. The first kappa shape index (κ1) is 17.4. The Morgan fingerprint density at radius 3 is 2.40 bits per heavy atom. The molecule has 5 nitrogen and oxygen atoms in total. The molecule has 0 aliphatic carbocycles. The van der Waals surface area contributed by atoms with Crippen molar-refractivity contribution < 1.29 is 17.5 Å². The number of hydrogen-bond acceptors (Lipinski definition) is 4. The third-order valence-corrected chi connectivity index (χ3v) is 5.08. The van der Waals surface area contributed by atoms with Crippen LogP contribution < -0.4 is 4.74 Å². The lowest BCUT2D eigenvalue weighted by Gasteiger charge is -2.11. The van der Waals surface area contributed by atoms with E-state index in [2.05, 4.69) is 4.98 Å². The van der Waals surface area contributed by atoms with Crippen molar-refractivity contribution in [2.24, 2.45) is 0 Å². The van der Waals surface area contributed by atoms with Crippen LogP contribution in [-0.2, 0) is 9.84 Å². The molecule has 2 aromatic carbocycles. The quantitative estimate of drug-likeness (QED) is 0.692. The largest absolute Gasteiger partial charge is 0.494 e. The smallest absolute Gasteiger partial charge is 0.207 e. The van der Waals surface area contributed by atoms with Gasteiger partial charge >= 0.3 is 0 Å². The molecule has 0 saturated carbocycles. The minimum Gasteiger partial charge on any atom is -0.494 e. The molecule has 0 unspecified atom stereocenters. The van der Waals surface area contributed by atoms with Crippen LogP contribution in [0.4, 0.5) is 4.39 Å². The summed E-state index contributed by atoms with van der Waals surface area (Å²) in [7, 11) is -1.90. The zero-order valence-corrected chi connectivity index (χ0v) is 15.0. The molecular weight excluding hydrogens is 366 g/mol. The summed E-state index contributed by atoms with van der Waals surface area (Å²) in [4.78, 5) is 4.27. The second kappa shape index (κ2) is 6.50. The predicted octanol–water partition coefficient (Wildman–Crippen LogP) is 3.74. The van der Waals surface area contributed by atoms with Crippen LogP contribution in [0.5, 0.6) is 5.75 Å². The van der Waals surface area contributed by atoms with E-state index in [1.165, 1.54) is 37.6 Å². The van der Waals surface area contributed by atoms with Gasteiger partial charge in [-0.25, -0.2) is 17.8 Å². The van der Waals surface area contributed by atoms with Gasteiger partial charge in [-0.1, -0.05) is 0 Å². The first-order valence-corrected chi connectivity index (χ1v) is 9.46. The fraction of sp³-hybridized carbons (Fsp3) is 0.118. The van der Waals surface area contributed by atoms with E-state index in [0.29, 0.717) is 16.9 Å². The van der Waals surface area contributed by atoms with Crippen LogP contribution in [0.3, 0.4) is 0 Å². The SMILES string of the molecule is CS(=O)(=O)c1ccc(-n2c(-c3ccc(O[11CH3])c(F)c3)cnc2Cl)cc1. The van der Waals surface area contributed by atoms with Gasteiger partial charge in [0.25, 0.3) is 0 Å². The number of rotatable bonds is 4. The lowest BCUT2D eigenvalue weighted by molar-refractivity contribution is 0.386. The van der Waals surface area contributed by atoms with Crippen molar-refractivity contribution >= 4 is 21.4 Å². The average Bonchev–Trinajstić information content (AvgIpc) is 2.95. The maximum Gasteiger partial charge on any atom is 0.207 e. The predicted molar refractivity (Wildman–Crippen MR) is 93.6 cm³/mol. The molecule has 1 heterocycles. The topological polar surface area (TPSA) is 61.2 Å². The molecule has 0 spiro atoms. The molecule has 3 aromatic rings. The Balaban J connectivity index is 2.10. The number of benzene rings is 2. The third-order valence-electron chi connectivity index (χ3n) is 3.69. The van der Waals surface area contributed by atoms with E-state index in [-0.39, 0.29) is 15.9 Å². The molecule has 0 aliphatic heterocycles. The van der Waals surface area contributed by atoms with E-state index in [1.807, 2.05) is 0 Å². The second-order valence-corrected chi connectivity index (χ2v) is 7.72.